The molecule has 0 amide bonds. The minimum atomic E-state index is -3.34. The van der Waals surface area contributed by atoms with Crippen LogP contribution < -0.4 is 4.72 Å². The first-order chi connectivity index (χ1) is 11.4. The smallest absolute Gasteiger partial charge is 0.229 e. The van der Waals surface area contributed by atoms with Crippen molar-refractivity contribution in [2.24, 2.45) is 0 Å². The van der Waals surface area contributed by atoms with Crippen molar-refractivity contribution < 1.29 is 8.42 Å². The normalized spacial score (nSPS) is 10.1. The van der Waals surface area contributed by atoms with Crippen molar-refractivity contribution in [3.8, 4) is 17.8 Å². The highest BCUT2D eigenvalue weighted by Gasteiger charge is 2.11. The summed E-state index contributed by atoms with van der Waals surface area (Å²) in [6.45, 7) is 7.15. The second kappa shape index (κ2) is 6.70. The molecule has 2 rings (SSSR count). The molecule has 1 aromatic heterocycles. The molecular weight excluding hydrogens is 326 g/mol. The Kier molecular flexibility index (Phi) is 4.70. The molecule has 0 fully saturated rings. The second-order valence-electron chi connectivity index (χ2n) is 4.79. The van der Waals surface area contributed by atoms with Crippen molar-refractivity contribution in [2.75, 3.05) is 11.0 Å². The molecule has 24 heavy (non-hydrogen) atoms. The molecule has 2 aromatic rings. The third-order valence-electron chi connectivity index (χ3n) is 3.01. The highest BCUT2D eigenvalue weighted by atomic mass is 32.2. The topological polar surface area (TPSA) is 103 Å². The summed E-state index contributed by atoms with van der Waals surface area (Å²) >= 11 is 0. The Hall–Kier alpha value is -3.54. The summed E-state index contributed by atoms with van der Waals surface area (Å²) in [4.78, 5) is 3.26. The van der Waals surface area contributed by atoms with Crippen LogP contribution in [0.1, 0.15) is 5.56 Å². The average Bonchev–Trinajstić information content (AvgIpc) is 3.01. The first kappa shape index (κ1) is 16.8. The molecule has 0 spiro atoms. The van der Waals surface area contributed by atoms with Crippen LogP contribution in [0.25, 0.3) is 16.2 Å². The summed E-state index contributed by atoms with van der Waals surface area (Å²) in [7, 11) is -3.34. The van der Waals surface area contributed by atoms with Crippen LogP contribution >= 0.6 is 0 Å². The van der Waals surface area contributed by atoms with Crippen molar-refractivity contribution in [3.05, 3.63) is 65.3 Å². The number of hydrogen-bond acceptors (Lipinski definition) is 4. The molecule has 1 aromatic carbocycles. The van der Waals surface area contributed by atoms with Crippen LogP contribution in [-0.2, 0) is 10.0 Å². The van der Waals surface area contributed by atoms with E-state index in [2.05, 4.69) is 9.57 Å². The Balaban J connectivity index is 2.36. The number of nitriles is 2. The Morgan fingerprint density at radius 3 is 2.33 bits per heavy atom. The van der Waals surface area contributed by atoms with Gasteiger partial charge in [0, 0.05) is 29.3 Å². The lowest BCUT2D eigenvalue weighted by molar-refractivity contribution is 0.607. The fraction of sp³-hybridized carbons (Fsp3) is 0.0625. The van der Waals surface area contributed by atoms with Gasteiger partial charge in [0.1, 0.15) is 5.57 Å². The second-order valence-corrected chi connectivity index (χ2v) is 6.54. The molecule has 118 valence electrons. The van der Waals surface area contributed by atoms with E-state index < -0.39 is 10.0 Å². The SMILES string of the molecule is [C-]#[N+]C(=C(C#N)C#N)c1ccn(-c2ccc(NS(C)(=O)=O)cc2)c1. The third-order valence-corrected chi connectivity index (χ3v) is 3.61. The molecule has 0 aliphatic rings. The van der Waals surface area contributed by atoms with Crippen LogP contribution in [0.2, 0.25) is 0 Å². The number of rotatable bonds is 4. The van der Waals surface area contributed by atoms with E-state index in [1.165, 1.54) is 0 Å². The van der Waals surface area contributed by atoms with Crippen LogP contribution in [-0.4, -0.2) is 19.2 Å². The van der Waals surface area contributed by atoms with Gasteiger partial charge in [0.25, 0.3) is 0 Å². The maximum atomic E-state index is 11.2. The summed E-state index contributed by atoms with van der Waals surface area (Å²) in [6, 6.07) is 11.7. The summed E-state index contributed by atoms with van der Waals surface area (Å²) in [5.74, 6) is 0. The van der Waals surface area contributed by atoms with Crippen molar-refractivity contribution in [1.82, 2.24) is 4.57 Å². The molecular formula is C16H11N5O2S. The van der Waals surface area contributed by atoms with E-state index in [0.29, 0.717) is 11.3 Å². The van der Waals surface area contributed by atoms with Crippen LogP contribution in [0, 0.1) is 29.2 Å². The fourth-order valence-corrected chi connectivity index (χ4v) is 2.57. The molecule has 0 aliphatic carbocycles. The average molecular weight is 337 g/mol. The lowest BCUT2D eigenvalue weighted by Gasteiger charge is -2.06. The first-order valence-electron chi connectivity index (χ1n) is 6.56. The van der Waals surface area contributed by atoms with Crippen molar-refractivity contribution in [2.45, 2.75) is 0 Å². The number of nitrogens with zero attached hydrogens (tertiary/aromatic N) is 4. The maximum absolute atomic E-state index is 11.2. The quantitative estimate of drug-likeness (QED) is 0.684. The van der Waals surface area contributed by atoms with E-state index in [1.807, 2.05) is 0 Å². The van der Waals surface area contributed by atoms with Gasteiger partial charge in [-0.25, -0.2) is 13.3 Å². The standard InChI is InChI=1S/C16H11N5O2S/c1-19-16(13(9-17)10-18)12-7-8-21(11-12)15-5-3-14(4-6-15)20-24(2,22)23/h3-8,11,20H,2H3. The molecule has 8 heteroatoms. The number of nitrogens with one attached hydrogen (secondary N) is 1. The summed E-state index contributed by atoms with van der Waals surface area (Å²) in [5, 5.41) is 17.8. The van der Waals surface area contributed by atoms with E-state index in [-0.39, 0.29) is 11.3 Å². The Morgan fingerprint density at radius 2 is 1.83 bits per heavy atom. The number of sulfonamides is 1. The summed E-state index contributed by atoms with van der Waals surface area (Å²) < 4.78 is 26.4. The zero-order chi connectivity index (χ0) is 17.7. The van der Waals surface area contributed by atoms with Crippen LogP contribution in [0.3, 0.4) is 0 Å². The number of anilines is 1. The highest BCUT2D eigenvalue weighted by Crippen LogP contribution is 2.23. The number of benzene rings is 1. The van der Waals surface area contributed by atoms with Gasteiger partial charge < -0.3 is 4.57 Å². The van der Waals surface area contributed by atoms with E-state index in [4.69, 9.17) is 17.1 Å². The van der Waals surface area contributed by atoms with E-state index in [9.17, 15) is 8.42 Å². The molecule has 0 bridgehead atoms. The van der Waals surface area contributed by atoms with Gasteiger partial charge in [0.05, 0.1) is 25.0 Å². The lowest BCUT2D eigenvalue weighted by Crippen LogP contribution is -2.09. The lowest BCUT2D eigenvalue weighted by atomic mass is 10.1. The van der Waals surface area contributed by atoms with Gasteiger partial charge in [-0.2, -0.15) is 10.5 Å². The predicted molar refractivity (Wildman–Crippen MR) is 89.0 cm³/mol. The predicted octanol–water partition coefficient (Wildman–Crippen LogP) is 2.53. The molecule has 0 unspecified atom stereocenters. The van der Waals surface area contributed by atoms with Gasteiger partial charge in [0.15, 0.2) is 0 Å². The Morgan fingerprint density at radius 1 is 1.21 bits per heavy atom. The number of allylic oxidation sites excluding steroid dienone is 1. The van der Waals surface area contributed by atoms with Gasteiger partial charge in [-0.05, 0) is 30.3 Å². The van der Waals surface area contributed by atoms with E-state index >= 15 is 0 Å². The first-order valence-corrected chi connectivity index (χ1v) is 8.45. The van der Waals surface area contributed by atoms with Gasteiger partial charge >= 0.3 is 0 Å². The zero-order valence-corrected chi connectivity index (χ0v) is 13.4. The summed E-state index contributed by atoms with van der Waals surface area (Å²) in [6.07, 6.45) is 4.38. The number of aromatic nitrogens is 1. The Bertz CT molecular complexity index is 1010. The van der Waals surface area contributed by atoms with Crippen LogP contribution in [0.5, 0.6) is 0 Å². The molecule has 0 radical (unpaired) electrons. The van der Waals surface area contributed by atoms with Gasteiger partial charge in [0.2, 0.25) is 15.7 Å². The molecule has 1 N–H and O–H groups in total. The van der Waals surface area contributed by atoms with Crippen molar-refractivity contribution in [1.29, 1.82) is 10.5 Å². The summed E-state index contributed by atoms with van der Waals surface area (Å²) in [5.41, 5.74) is 1.39. The van der Waals surface area contributed by atoms with Gasteiger partial charge in [-0.1, -0.05) is 0 Å². The van der Waals surface area contributed by atoms with E-state index in [1.54, 1.807) is 59.4 Å². The largest absolute Gasteiger partial charge is 0.325 e. The molecule has 1 heterocycles. The monoisotopic (exact) mass is 337 g/mol. The Labute approximate surface area is 139 Å². The van der Waals surface area contributed by atoms with Gasteiger partial charge in [-0.3, -0.25) is 4.72 Å². The van der Waals surface area contributed by atoms with Crippen molar-refractivity contribution in [3.63, 3.8) is 0 Å². The molecule has 0 atom stereocenters. The van der Waals surface area contributed by atoms with E-state index in [0.717, 1.165) is 11.9 Å². The van der Waals surface area contributed by atoms with Crippen LogP contribution in [0.15, 0.2) is 48.3 Å². The maximum Gasteiger partial charge on any atom is 0.229 e. The van der Waals surface area contributed by atoms with Gasteiger partial charge in [-0.15, -0.1) is 0 Å². The number of hydrogen-bond donors (Lipinski definition) is 1. The fourth-order valence-electron chi connectivity index (χ4n) is 2.01. The highest BCUT2D eigenvalue weighted by molar-refractivity contribution is 7.92. The zero-order valence-electron chi connectivity index (χ0n) is 12.6. The molecule has 7 nitrogen and oxygen atoms in total. The molecule has 0 saturated carbocycles. The minimum absolute atomic E-state index is 0.00545. The van der Waals surface area contributed by atoms with Crippen molar-refractivity contribution >= 4 is 21.4 Å². The third kappa shape index (κ3) is 3.80. The molecule has 0 aliphatic heterocycles. The van der Waals surface area contributed by atoms with Crippen LogP contribution in [0.4, 0.5) is 5.69 Å². The minimum Gasteiger partial charge on any atom is -0.325 e. The molecule has 0 saturated heterocycles.